The molecule has 2 nitrogen and oxygen atoms in total. The first-order valence-corrected chi connectivity index (χ1v) is 6.17. The van der Waals surface area contributed by atoms with Crippen LogP contribution >= 0.6 is 0 Å². The molecule has 1 atom stereocenters. The highest BCUT2D eigenvalue weighted by molar-refractivity contribution is 5.76. The molecule has 92 valence electrons. The number of hydrogen-bond acceptors (Lipinski definition) is 1. The summed E-state index contributed by atoms with van der Waals surface area (Å²) >= 11 is 0. The van der Waals surface area contributed by atoms with E-state index in [0.717, 1.165) is 31.2 Å². The minimum absolute atomic E-state index is 0.201. The van der Waals surface area contributed by atoms with Crippen molar-refractivity contribution >= 4 is 5.97 Å². The van der Waals surface area contributed by atoms with Crippen molar-refractivity contribution in [1.82, 2.24) is 0 Å². The largest absolute Gasteiger partial charge is 0.481 e. The predicted molar refractivity (Wildman–Crippen MR) is 63.4 cm³/mol. The molecule has 0 aliphatic heterocycles. The van der Waals surface area contributed by atoms with Gasteiger partial charge < -0.3 is 5.11 Å². The number of carboxylic acid groups (broad SMARTS) is 1. The molecule has 2 rings (SSSR count). The molecule has 1 aromatic carbocycles. The number of carbonyl (C=O) groups is 1. The summed E-state index contributed by atoms with van der Waals surface area (Å²) in [6.45, 7) is 0. The Morgan fingerprint density at radius 1 is 1.18 bits per heavy atom. The Morgan fingerprint density at radius 2 is 1.76 bits per heavy atom. The van der Waals surface area contributed by atoms with Crippen molar-refractivity contribution in [3.63, 3.8) is 0 Å². The SMILES string of the molecule is O=C(O)C(c1ccc(F)cc1)C1CCCCC1. The van der Waals surface area contributed by atoms with Gasteiger partial charge in [0.05, 0.1) is 5.92 Å². The summed E-state index contributed by atoms with van der Waals surface area (Å²) in [4.78, 5) is 11.4. The molecule has 1 aliphatic rings. The van der Waals surface area contributed by atoms with Gasteiger partial charge in [-0.05, 0) is 36.5 Å². The van der Waals surface area contributed by atoms with Gasteiger partial charge in [-0.3, -0.25) is 4.79 Å². The zero-order valence-electron chi connectivity index (χ0n) is 9.73. The van der Waals surface area contributed by atoms with Gasteiger partial charge in [0.15, 0.2) is 0 Å². The van der Waals surface area contributed by atoms with Crippen molar-refractivity contribution in [2.24, 2.45) is 5.92 Å². The van der Waals surface area contributed by atoms with Crippen molar-refractivity contribution in [2.45, 2.75) is 38.0 Å². The molecule has 1 saturated carbocycles. The Labute approximate surface area is 100 Å². The van der Waals surface area contributed by atoms with Crippen LogP contribution in [0.25, 0.3) is 0 Å². The highest BCUT2D eigenvalue weighted by Crippen LogP contribution is 2.36. The van der Waals surface area contributed by atoms with Gasteiger partial charge in [0.1, 0.15) is 5.82 Å². The van der Waals surface area contributed by atoms with Crippen LogP contribution in [0, 0.1) is 11.7 Å². The van der Waals surface area contributed by atoms with Gasteiger partial charge in [-0.2, -0.15) is 0 Å². The lowest BCUT2D eigenvalue weighted by Gasteiger charge is -2.27. The summed E-state index contributed by atoms with van der Waals surface area (Å²) in [5.74, 6) is -1.38. The maximum atomic E-state index is 12.8. The molecule has 3 heteroatoms. The average Bonchev–Trinajstić information content (AvgIpc) is 2.33. The van der Waals surface area contributed by atoms with E-state index in [9.17, 15) is 14.3 Å². The number of aliphatic carboxylic acids is 1. The Hall–Kier alpha value is -1.38. The standard InChI is InChI=1S/C14H17FO2/c15-12-8-6-11(7-9-12)13(14(16)17)10-4-2-1-3-5-10/h6-10,13H,1-5H2,(H,16,17). The van der Waals surface area contributed by atoms with Crippen molar-refractivity contribution in [3.8, 4) is 0 Å². The van der Waals surface area contributed by atoms with Crippen molar-refractivity contribution in [2.75, 3.05) is 0 Å². The van der Waals surface area contributed by atoms with E-state index in [4.69, 9.17) is 0 Å². The lowest BCUT2D eigenvalue weighted by Crippen LogP contribution is -2.23. The second-order valence-electron chi connectivity index (χ2n) is 4.77. The lowest BCUT2D eigenvalue weighted by atomic mass is 9.77. The average molecular weight is 236 g/mol. The summed E-state index contributed by atoms with van der Waals surface area (Å²) in [6, 6.07) is 5.88. The molecule has 0 aromatic heterocycles. The molecular formula is C14H17FO2. The maximum absolute atomic E-state index is 12.8. The molecule has 1 fully saturated rings. The van der Waals surface area contributed by atoms with E-state index in [1.165, 1.54) is 18.6 Å². The molecular weight excluding hydrogens is 219 g/mol. The fraction of sp³-hybridized carbons (Fsp3) is 0.500. The lowest BCUT2D eigenvalue weighted by molar-refractivity contribution is -0.140. The van der Waals surface area contributed by atoms with Crippen LogP contribution in [0.3, 0.4) is 0 Å². The second kappa shape index (κ2) is 5.30. The summed E-state index contributed by atoms with van der Waals surface area (Å²) in [7, 11) is 0. The van der Waals surface area contributed by atoms with Gasteiger partial charge in [-0.15, -0.1) is 0 Å². The fourth-order valence-electron chi connectivity index (χ4n) is 2.75. The predicted octanol–water partition coefficient (Wildman–Crippen LogP) is 3.57. The molecule has 1 aliphatic carbocycles. The molecule has 1 aromatic rings. The monoisotopic (exact) mass is 236 g/mol. The molecule has 0 heterocycles. The Kier molecular flexibility index (Phi) is 3.77. The van der Waals surface area contributed by atoms with Crippen LogP contribution in [0.5, 0.6) is 0 Å². The van der Waals surface area contributed by atoms with Crippen molar-refractivity contribution in [3.05, 3.63) is 35.6 Å². The molecule has 1 N–H and O–H groups in total. The van der Waals surface area contributed by atoms with E-state index in [0.29, 0.717) is 0 Å². The molecule has 0 bridgehead atoms. The molecule has 17 heavy (non-hydrogen) atoms. The van der Waals surface area contributed by atoms with Crippen LogP contribution < -0.4 is 0 Å². The molecule has 0 radical (unpaired) electrons. The number of carboxylic acids is 1. The van der Waals surface area contributed by atoms with Crippen LogP contribution in [0.2, 0.25) is 0 Å². The third kappa shape index (κ3) is 2.84. The quantitative estimate of drug-likeness (QED) is 0.871. The van der Waals surface area contributed by atoms with Gasteiger partial charge in [-0.25, -0.2) is 4.39 Å². The van der Waals surface area contributed by atoms with Gasteiger partial charge in [0.25, 0.3) is 0 Å². The Balaban J connectivity index is 2.21. The molecule has 0 amide bonds. The summed E-state index contributed by atoms with van der Waals surface area (Å²) in [5.41, 5.74) is 0.728. The smallest absolute Gasteiger partial charge is 0.311 e. The van der Waals surface area contributed by atoms with Gasteiger partial charge >= 0.3 is 5.97 Å². The van der Waals surface area contributed by atoms with Gasteiger partial charge in [0, 0.05) is 0 Å². The van der Waals surface area contributed by atoms with Gasteiger partial charge in [0.2, 0.25) is 0 Å². The fourth-order valence-corrected chi connectivity index (χ4v) is 2.75. The first kappa shape index (κ1) is 12.1. The molecule has 0 spiro atoms. The number of rotatable bonds is 3. The minimum atomic E-state index is -0.788. The summed E-state index contributed by atoms with van der Waals surface area (Å²) in [6.07, 6.45) is 5.35. The summed E-state index contributed by atoms with van der Waals surface area (Å²) < 4.78 is 12.8. The van der Waals surface area contributed by atoms with E-state index in [-0.39, 0.29) is 11.7 Å². The third-order valence-electron chi connectivity index (χ3n) is 3.62. The second-order valence-corrected chi connectivity index (χ2v) is 4.77. The minimum Gasteiger partial charge on any atom is -0.481 e. The Bertz CT molecular complexity index is 380. The van der Waals surface area contributed by atoms with Crippen LogP contribution in [0.4, 0.5) is 4.39 Å². The van der Waals surface area contributed by atoms with E-state index in [2.05, 4.69) is 0 Å². The summed E-state index contributed by atoms with van der Waals surface area (Å²) in [5, 5.41) is 9.35. The zero-order valence-corrected chi connectivity index (χ0v) is 9.73. The molecule has 0 saturated heterocycles. The van der Waals surface area contributed by atoms with Crippen LogP contribution in [-0.2, 0) is 4.79 Å². The van der Waals surface area contributed by atoms with Gasteiger partial charge in [-0.1, -0.05) is 31.4 Å². The van der Waals surface area contributed by atoms with Crippen LogP contribution in [0.15, 0.2) is 24.3 Å². The van der Waals surface area contributed by atoms with Crippen LogP contribution in [0.1, 0.15) is 43.6 Å². The highest BCUT2D eigenvalue weighted by Gasteiger charge is 2.30. The number of hydrogen-bond donors (Lipinski definition) is 1. The van der Waals surface area contributed by atoms with E-state index in [1.807, 2.05) is 0 Å². The van der Waals surface area contributed by atoms with Crippen molar-refractivity contribution in [1.29, 1.82) is 0 Å². The first-order chi connectivity index (χ1) is 8.18. The van der Waals surface area contributed by atoms with Crippen LogP contribution in [-0.4, -0.2) is 11.1 Å². The van der Waals surface area contributed by atoms with Crippen molar-refractivity contribution < 1.29 is 14.3 Å². The number of halogens is 1. The first-order valence-electron chi connectivity index (χ1n) is 6.17. The number of benzene rings is 1. The zero-order chi connectivity index (χ0) is 12.3. The third-order valence-corrected chi connectivity index (χ3v) is 3.62. The topological polar surface area (TPSA) is 37.3 Å². The molecule has 1 unspecified atom stereocenters. The highest BCUT2D eigenvalue weighted by atomic mass is 19.1. The normalized spacial score (nSPS) is 18.9. The Morgan fingerprint density at radius 3 is 2.29 bits per heavy atom. The van der Waals surface area contributed by atoms with E-state index < -0.39 is 11.9 Å². The van der Waals surface area contributed by atoms with E-state index >= 15 is 0 Å². The van der Waals surface area contributed by atoms with E-state index in [1.54, 1.807) is 12.1 Å². The maximum Gasteiger partial charge on any atom is 0.311 e.